The van der Waals surface area contributed by atoms with Gasteiger partial charge in [0, 0.05) is 25.4 Å². The fraction of sp³-hybridized carbons (Fsp3) is 0.150. The average Bonchev–Trinajstić information content (AvgIpc) is 3.27. The minimum Gasteiger partial charge on any atom is -0.463 e. The van der Waals surface area contributed by atoms with Crippen molar-refractivity contribution in [1.29, 1.82) is 0 Å². The number of hydrogen-bond acceptors (Lipinski definition) is 6. The molecule has 0 atom stereocenters. The first kappa shape index (κ1) is 17.6. The fourth-order valence-corrected chi connectivity index (χ4v) is 2.87. The molecule has 140 valence electrons. The molecule has 28 heavy (non-hydrogen) atoms. The van der Waals surface area contributed by atoms with Crippen molar-refractivity contribution in [2.75, 3.05) is 0 Å². The zero-order valence-corrected chi connectivity index (χ0v) is 14.9. The monoisotopic (exact) mass is 375 g/mol. The van der Waals surface area contributed by atoms with Gasteiger partial charge >= 0.3 is 0 Å². The molecule has 1 aromatic carbocycles. The number of nitrogens with one attached hydrogen (secondary N) is 1. The average molecular weight is 375 g/mol. The van der Waals surface area contributed by atoms with Gasteiger partial charge in [-0.3, -0.25) is 19.1 Å². The predicted octanol–water partition coefficient (Wildman–Crippen LogP) is 2.15. The second kappa shape index (κ2) is 7.83. The maximum absolute atomic E-state index is 12.5. The van der Waals surface area contributed by atoms with Crippen molar-refractivity contribution < 1.29 is 9.21 Å². The highest BCUT2D eigenvalue weighted by Gasteiger charge is 2.12. The normalized spacial score (nSPS) is 10.9. The van der Waals surface area contributed by atoms with Crippen LogP contribution < -0.4 is 10.9 Å². The van der Waals surface area contributed by atoms with Gasteiger partial charge in [-0.25, -0.2) is 9.97 Å². The molecule has 0 saturated carbocycles. The SMILES string of the molecule is O=C(CCn1cnc2ccccc2c1=O)NCc1nccnc1-c1ccco1. The quantitative estimate of drug-likeness (QED) is 0.554. The first-order chi connectivity index (χ1) is 13.7. The highest BCUT2D eigenvalue weighted by atomic mass is 16.3. The summed E-state index contributed by atoms with van der Waals surface area (Å²) < 4.78 is 6.80. The van der Waals surface area contributed by atoms with Crippen LogP contribution in [0.25, 0.3) is 22.4 Å². The Labute approximate surface area is 159 Å². The van der Waals surface area contributed by atoms with E-state index in [0.717, 1.165) is 0 Å². The van der Waals surface area contributed by atoms with Crippen LogP contribution in [0.15, 0.2) is 70.6 Å². The Hall–Kier alpha value is -3.81. The van der Waals surface area contributed by atoms with E-state index in [1.807, 2.05) is 6.07 Å². The van der Waals surface area contributed by atoms with Gasteiger partial charge < -0.3 is 9.73 Å². The lowest BCUT2D eigenvalue weighted by Gasteiger charge is -2.09. The summed E-state index contributed by atoms with van der Waals surface area (Å²) >= 11 is 0. The lowest BCUT2D eigenvalue weighted by molar-refractivity contribution is -0.121. The molecular formula is C20H17N5O3. The summed E-state index contributed by atoms with van der Waals surface area (Å²) in [5.74, 6) is 0.391. The van der Waals surface area contributed by atoms with Crippen LogP contribution in [0.4, 0.5) is 0 Å². The van der Waals surface area contributed by atoms with Gasteiger partial charge in [-0.1, -0.05) is 12.1 Å². The number of aryl methyl sites for hydroxylation is 1. The molecule has 0 aliphatic heterocycles. The lowest BCUT2D eigenvalue weighted by atomic mass is 10.2. The third-order valence-electron chi connectivity index (χ3n) is 4.29. The smallest absolute Gasteiger partial charge is 0.261 e. The standard InChI is InChI=1S/C20H17N5O3/c26-18(7-10-25-13-24-15-5-2-1-4-14(15)20(25)27)23-12-16-19(22-9-8-21-16)17-6-3-11-28-17/h1-6,8-9,11,13H,7,10,12H2,(H,23,26). The van der Waals surface area contributed by atoms with Gasteiger partial charge in [0.2, 0.25) is 5.91 Å². The van der Waals surface area contributed by atoms with Crippen molar-refractivity contribution in [3.8, 4) is 11.5 Å². The van der Waals surface area contributed by atoms with E-state index in [4.69, 9.17) is 4.42 Å². The topological polar surface area (TPSA) is 103 Å². The van der Waals surface area contributed by atoms with E-state index >= 15 is 0 Å². The number of para-hydroxylation sites is 1. The summed E-state index contributed by atoms with van der Waals surface area (Å²) in [5.41, 5.74) is 1.67. The van der Waals surface area contributed by atoms with Gasteiger partial charge in [0.05, 0.1) is 35.7 Å². The van der Waals surface area contributed by atoms with Crippen molar-refractivity contribution >= 4 is 16.8 Å². The van der Waals surface area contributed by atoms with Crippen molar-refractivity contribution in [1.82, 2.24) is 24.8 Å². The molecule has 0 aliphatic rings. The molecule has 0 unspecified atom stereocenters. The highest BCUT2D eigenvalue weighted by molar-refractivity contribution is 5.77. The second-order valence-corrected chi connectivity index (χ2v) is 6.12. The highest BCUT2D eigenvalue weighted by Crippen LogP contribution is 2.19. The van der Waals surface area contributed by atoms with E-state index in [1.165, 1.54) is 10.9 Å². The molecule has 0 spiro atoms. The number of nitrogens with zero attached hydrogens (tertiary/aromatic N) is 4. The largest absolute Gasteiger partial charge is 0.463 e. The molecule has 3 heterocycles. The van der Waals surface area contributed by atoms with Crippen LogP contribution in [0, 0.1) is 0 Å². The van der Waals surface area contributed by atoms with Crippen molar-refractivity contribution in [2.24, 2.45) is 0 Å². The number of carbonyl (C=O) groups is 1. The van der Waals surface area contributed by atoms with Gasteiger partial charge in [-0.15, -0.1) is 0 Å². The van der Waals surface area contributed by atoms with Crippen LogP contribution in [0.3, 0.4) is 0 Å². The Balaban J connectivity index is 1.40. The first-order valence-corrected chi connectivity index (χ1v) is 8.77. The third kappa shape index (κ3) is 3.66. The number of amides is 1. The number of hydrogen-bond donors (Lipinski definition) is 1. The van der Waals surface area contributed by atoms with E-state index in [-0.39, 0.29) is 31.0 Å². The number of carbonyl (C=O) groups excluding carboxylic acids is 1. The summed E-state index contributed by atoms with van der Waals surface area (Å²) in [7, 11) is 0. The van der Waals surface area contributed by atoms with Crippen LogP contribution >= 0.6 is 0 Å². The number of benzene rings is 1. The minimum absolute atomic E-state index is 0.149. The van der Waals surface area contributed by atoms with Crippen molar-refractivity contribution in [3.05, 3.63) is 77.4 Å². The molecule has 3 aromatic heterocycles. The van der Waals surface area contributed by atoms with Crippen LogP contribution in [0.5, 0.6) is 0 Å². The predicted molar refractivity (Wildman–Crippen MR) is 102 cm³/mol. The maximum atomic E-state index is 12.5. The number of fused-ring (bicyclic) bond motifs is 1. The van der Waals surface area contributed by atoms with Gasteiger partial charge in [-0.05, 0) is 24.3 Å². The Morgan fingerprint density at radius 3 is 2.79 bits per heavy atom. The third-order valence-corrected chi connectivity index (χ3v) is 4.29. The van der Waals surface area contributed by atoms with E-state index in [0.29, 0.717) is 28.1 Å². The van der Waals surface area contributed by atoms with Gasteiger partial charge in [0.25, 0.3) is 5.56 Å². The molecule has 0 radical (unpaired) electrons. The zero-order valence-electron chi connectivity index (χ0n) is 14.9. The molecule has 1 amide bonds. The number of aromatic nitrogens is 4. The van der Waals surface area contributed by atoms with Gasteiger partial charge in [0.1, 0.15) is 5.69 Å². The lowest BCUT2D eigenvalue weighted by Crippen LogP contribution is -2.27. The molecule has 4 rings (SSSR count). The molecule has 8 nitrogen and oxygen atoms in total. The Bertz CT molecular complexity index is 1170. The Kier molecular flexibility index (Phi) is 4.92. The summed E-state index contributed by atoms with van der Waals surface area (Å²) in [5, 5.41) is 3.34. The van der Waals surface area contributed by atoms with Crippen molar-refractivity contribution in [3.63, 3.8) is 0 Å². The number of furan rings is 1. The Morgan fingerprint density at radius 2 is 1.93 bits per heavy atom. The van der Waals surface area contributed by atoms with Gasteiger partial charge in [-0.2, -0.15) is 0 Å². The summed E-state index contributed by atoms with van der Waals surface area (Å²) in [6.07, 6.45) is 6.31. The molecule has 0 fully saturated rings. The molecular weight excluding hydrogens is 358 g/mol. The molecule has 0 bridgehead atoms. The maximum Gasteiger partial charge on any atom is 0.261 e. The second-order valence-electron chi connectivity index (χ2n) is 6.12. The van der Waals surface area contributed by atoms with Gasteiger partial charge in [0.15, 0.2) is 5.76 Å². The Morgan fingerprint density at radius 1 is 1.07 bits per heavy atom. The van der Waals surface area contributed by atoms with Crippen LogP contribution in [0.1, 0.15) is 12.1 Å². The zero-order chi connectivity index (χ0) is 19.3. The van der Waals surface area contributed by atoms with Crippen LogP contribution in [-0.4, -0.2) is 25.4 Å². The van der Waals surface area contributed by atoms with Crippen LogP contribution in [0.2, 0.25) is 0 Å². The molecule has 4 aromatic rings. The molecule has 0 aliphatic carbocycles. The first-order valence-electron chi connectivity index (χ1n) is 8.77. The summed E-state index contributed by atoms with van der Waals surface area (Å²) in [6, 6.07) is 10.7. The summed E-state index contributed by atoms with van der Waals surface area (Å²) in [4.78, 5) is 37.5. The minimum atomic E-state index is -0.198. The van der Waals surface area contributed by atoms with E-state index in [1.54, 1.807) is 49.0 Å². The molecule has 8 heteroatoms. The number of rotatable bonds is 6. The molecule has 0 saturated heterocycles. The summed E-state index contributed by atoms with van der Waals surface area (Å²) in [6.45, 7) is 0.460. The van der Waals surface area contributed by atoms with E-state index in [2.05, 4.69) is 20.3 Å². The van der Waals surface area contributed by atoms with Crippen LogP contribution in [-0.2, 0) is 17.9 Å². The molecule has 1 N–H and O–H groups in total. The van der Waals surface area contributed by atoms with Crippen molar-refractivity contribution in [2.45, 2.75) is 19.5 Å². The van der Waals surface area contributed by atoms with E-state index in [9.17, 15) is 9.59 Å². The van der Waals surface area contributed by atoms with E-state index < -0.39 is 0 Å². The fourth-order valence-electron chi connectivity index (χ4n) is 2.87.